The van der Waals surface area contributed by atoms with E-state index in [0.29, 0.717) is 10.0 Å². The fraction of sp³-hybridized carbons (Fsp3) is 0.125. The van der Waals surface area contributed by atoms with Crippen molar-refractivity contribution >= 4 is 34.1 Å². The maximum Gasteiger partial charge on any atom is 0.182 e. The van der Waals surface area contributed by atoms with E-state index in [1.54, 1.807) is 10.7 Å². The monoisotopic (exact) mass is 358 g/mol. The fourth-order valence-electron chi connectivity index (χ4n) is 2.86. The highest BCUT2D eigenvalue weighted by molar-refractivity contribution is 6.36. The second kappa shape index (κ2) is 5.58. The van der Waals surface area contributed by atoms with Crippen LogP contribution in [0, 0.1) is 6.92 Å². The predicted molar refractivity (Wildman–Crippen MR) is 93.6 cm³/mol. The number of aryl methyl sites for hydroxylation is 2. The molecule has 4 aromatic rings. The normalized spacial score (nSPS) is 11.3. The number of aromatic nitrogens is 6. The topological polar surface area (TPSA) is 61.4 Å². The van der Waals surface area contributed by atoms with Crippen LogP contribution >= 0.6 is 23.2 Å². The van der Waals surface area contributed by atoms with Crippen molar-refractivity contribution in [2.75, 3.05) is 0 Å². The molecule has 0 atom stereocenters. The number of nitrogens with zero attached hydrogens (tertiary/aromatic N) is 6. The van der Waals surface area contributed by atoms with Gasteiger partial charge in [0.1, 0.15) is 5.52 Å². The van der Waals surface area contributed by atoms with Crippen molar-refractivity contribution in [3.8, 4) is 16.9 Å². The van der Waals surface area contributed by atoms with Crippen LogP contribution in [0.5, 0.6) is 0 Å². The Hall–Kier alpha value is -2.44. The molecule has 4 rings (SSSR count). The number of halogens is 2. The average molecular weight is 359 g/mol. The number of benzene rings is 2. The van der Waals surface area contributed by atoms with E-state index in [2.05, 4.69) is 20.5 Å². The highest BCUT2D eigenvalue weighted by Gasteiger charge is 2.19. The highest BCUT2D eigenvalue weighted by atomic mass is 35.5. The van der Waals surface area contributed by atoms with Gasteiger partial charge in [0.15, 0.2) is 12.1 Å². The Morgan fingerprint density at radius 1 is 1.04 bits per heavy atom. The molecule has 120 valence electrons. The molecule has 2 aromatic heterocycles. The van der Waals surface area contributed by atoms with Crippen molar-refractivity contribution in [1.82, 2.24) is 30.0 Å². The fourth-order valence-corrected chi connectivity index (χ4v) is 3.37. The lowest BCUT2D eigenvalue weighted by Gasteiger charge is -2.08. The van der Waals surface area contributed by atoms with E-state index in [9.17, 15) is 0 Å². The maximum absolute atomic E-state index is 6.39. The first-order valence-corrected chi connectivity index (χ1v) is 7.97. The van der Waals surface area contributed by atoms with E-state index in [0.717, 1.165) is 33.4 Å². The number of tetrazole rings is 1. The van der Waals surface area contributed by atoms with Gasteiger partial charge >= 0.3 is 0 Å². The summed E-state index contributed by atoms with van der Waals surface area (Å²) in [6.45, 7) is 2.03. The van der Waals surface area contributed by atoms with Gasteiger partial charge < -0.3 is 0 Å². The van der Waals surface area contributed by atoms with Crippen LogP contribution in [0.4, 0.5) is 0 Å². The molecule has 24 heavy (non-hydrogen) atoms. The third-order valence-corrected chi connectivity index (χ3v) is 4.47. The van der Waals surface area contributed by atoms with Crippen molar-refractivity contribution in [2.24, 2.45) is 7.05 Å². The summed E-state index contributed by atoms with van der Waals surface area (Å²) in [4.78, 5) is 1.47. The smallest absolute Gasteiger partial charge is 0.182 e. The van der Waals surface area contributed by atoms with E-state index < -0.39 is 0 Å². The number of hydrogen-bond acceptors (Lipinski definition) is 4. The Labute approximate surface area is 147 Å². The molecule has 0 saturated heterocycles. The second-order valence-corrected chi connectivity index (χ2v) is 6.29. The third kappa shape index (κ3) is 2.26. The van der Waals surface area contributed by atoms with E-state index in [-0.39, 0.29) is 0 Å². The molecule has 0 amide bonds. The van der Waals surface area contributed by atoms with Crippen LogP contribution in [0.25, 0.3) is 27.8 Å². The second-order valence-electron chi connectivity index (χ2n) is 5.45. The molecule has 0 aliphatic heterocycles. The van der Waals surface area contributed by atoms with Gasteiger partial charge in [-0.1, -0.05) is 41.4 Å². The molecule has 0 saturated carbocycles. The summed E-state index contributed by atoms with van der Waals surface area (Å²) >= 11 is 12.4. The molecule has 0 radical (unpaired) electrons. The number of rotatable bonds is 2. The molecular formula is C16H12Cl2N6. The van der Waals surface area contributed by atoms with E-state index in [1.165, 1.54) is 11.1 Å². The minimum absolute atomic E-state index is 0.582. The summed E-state index contributed by atoms with van der Waals surface area (Å²) < 4.78 is 1.74. The molecule has 6 nitrogen and oxygen atoms in total. The van der Waals surface area contributed by atoms with E-state index in [4.69, 9.17) is 23.2 Å². The standard InChI is InChI=1S/C16H12Cl2N6/c1-9-3-5-12(11-6-4-10(17)7-13(11)18)15-14(9)16(23(2)21-15)24-20-8-19-22-24/h3-8H,1-2H3. The van der Waals surface area contributed by atoms with Crippen LogP contribution in [0.15, 0.2) is 36.7 Å². The van der Waals surface area contributed by atoms with E-state index in [1.807, 2.05) is 38.2 Å². The maximum atomic E-state index is 6.39. The molecule has 2 heterocycles. The van der Waals surface area contributed by atoms with Gasteiger partial charge in [-0.3, -0.25) is 0 Å². The minimum atomic E-state index is 0.582. The third-order valence-electron chi connectivity index (χ3n) is 3.93. The first kappa shape index (κ1) is 15.1. The Bertz CT molecular complexity index is 1050. The Morgan fingerprint density at radius 3 is 2.54 bits per heavy atom. The van der Waals surface area contributed by atoms with E-state index >= 15 is 0 Å². The molecule has 0 N–H and O–H groups in total. The Kier molecular flexibility index (Phi) is 3.51. The van der Waals surface area contributed by atoms with Gasteiger partial charge in [-0.15, -0.1) is 15.0 Å². The van der Waals surface area contributed by atoms with Gasteiger partial charge in [0.25, 0.3) is 0 Å². The van der Waals surface area contributed by atoms with Crippen LogP contribution in [0.1, 0.15) is 5.56 Å². The molecule has 0 spiro atoms. The molecule has 8 heteroatoms. The lowest BCUT2D eigenvalue weighted by molar-refractivity contribution is 0.639. The summed E-state index contributed by atoms with van der Waals surface area (Å²) in [7, 11) is 1.85. The van der Waals surface area contributed by atoms with Gasteiger partial charge in [0, 0.05) is 28.2 Å². The summed E-state index contributed by atoms with van der Waals surface area (Å²) in [5.41, 5.74) is 3.70. The zero-order valence-corrected chi connectivity index (χ0v) is 14.4. The van der Waals surface area contributed by atoms with Crippen molar-refractivity contribution in [3.63, 3.8) is 0 Å². The van der Waals surface area contributed by atoms with Crippen molar-refractivity contribution in [2.45, 2.75) is 6.92 Å². The van der Waals surface area contributed by atoms with Crippen LogP contribution in [-0.4, -0.2) is 30.0 Å². The molecule has 0 aliphatic carbocycles. The van der Waals surface area contributed by atoms with Gasteiger partial charge in [-0.2, -0.15) is 5.10 Å². The number of hydrogen-bond donors (Lipinski definition) is 0. The zero-order valence-electron chi connectivity index (χ0n) is 12.9. The highest BCUT2D eigenvalue weighted by Crippen LogP contribution is 2.37. The summed E-state index contributed by atoms with van der Waals surface area (Å²) in [5, 5.41) is 18.7. The molecule has 0 aliphatic rings. The molecule has 0 fully saturated rings. The summed E-state index contributed by atoms with van der Waals surface area (Å²) in [6, 6.07) is 9.49. The molecular weight excluding hydrogens is 347 g/mol. The molecule has 2 aromatic carbocycles. The Balaban J connectivity index is 2.06. The summed E-state index contributed by atoms with van der Waals surface area (Å²) in [5.74, 6) is 0.756. The van der Waals surface area contributed by atoms with Crippen LogP contribution < -0.4 is 0 Å². The Morgan fingerprint density at radius 2 is 1.83 bits per heavy atom. The van der Waals surface area contributed by atoms with Gasteiger partial charge in [0.2, 0.25) is 0 Å². The lowest BCUT2D eigenvalue weighted by Crippen LogP contribution is -2.06. The zero-order chi connectivity index (χ0) is 16.8. The number of fused-ring (bicyclic) bond motifs is 1. The summed E-state index contributed by atoms with van der Waals surface area (Å²) in [6.07, 6.45) is 1.40. The molecule has 0 unspecified atom stereocenters. The van der Waals surface area contributed by atoms with Crippen molar-refractivity contribution < 1.29 is 0 Å². The first-order valence-electron chi connectivity index (χ1n) is 7.21. The molecule has 0 bridgehead atoms. The lowest BCUT2D eigenvalue weighted by atomic mass is 10.00. The first-order chi connectivity index (χ1) is 11.6. The SMILES string of the molecule is Cc1ccc(-c2ccc(Cl)cc2Cl)c2nn(C)c(-n3ncnn3)c12. The average Bonchev–Trinajstić information content (AvgIpc) is 3.16. The van der Waals surface area contributed by atoms with Crippen LogP contribution in [0.2, 0.25) is 10.0 Å². The van der Waals surface area contributed by atoms with Crippen LogP contribution in [0.3, 0.4) is 0 Å². The van der Waals surface area contributed by atoms with Crippen molar-refractivity contribution in [1.29, 1.82) is 0 Å². The quantitative estimate of drug-likeness (QED) is 0.546. The van der Waals surface area contributed by atoms with Gasteiger partial charge in [0.05, 0.1) is 5.39 Å². The minimum Gasteiger partial charge on any atom is -0.248 e. The largest absolute Gasteiger partial charge is 0.248 e. The predicted octanol–water partition coefficient (Wildman–Crippen LogP) is 3.83. The van der Waals surface area contributed by atoms with Crippen LogP contribution in [-0.2, 0) is 7.05 Å². The van der Waals surface area contributed by atoms with Gasteiger partial charge in [-0.25, -0.2) is 4.68 Å². The van der Waals surface area contributed by atoms with Gasteiger partial charge in [-0.05, 0) is 29.8 Å². The van der Waals surface area contributed by atoms with Crippen molar-refractivity contribution in [3.05, 3.63) is 52.3 Å².